The van der Waals surface area contributed by atoms with Crippen LogP contribution < -0.4 is 11.1 Å². The Bertz CT molecular complexity index is 1270. The molecule has 3 aromatic heterocycles. The Morgan fingerprint density at radius 1 is 1.28 bits per heavy atom. The third-order valence-electron chi connectivity index (χ3n) is 4.75. The molecular formula is C21H21N7O2S2. The van der Waals surface area contributed by atoms with E-state index in [-0.39, 0.29) is 11.7 Å². The lowest BCUT2D eigenvalue weighted by atomic mass is 10.1. The Morgan fingerprint density at radius 3 is 2.81 bits per heavy atom. The number of nitrogens with zero attached hydrogens (tertiary/aromatic N) is 4. The summed E-state index contributed by atoms with van der Waals surface area (Å²) in [4.78, 5) is 30.9. The number of thioether (sulfide) groups is 1. The van der Waals surface area contributed by atoms with Crippen LogP contribution in [0.1, 0.15) is 23.0 Å². The van der Waals surface area contributed by atoms with E-state index in [0.717, 1.165) is 22.5 Å². The number of hydrogen-bond donors (Lipinski definition) is 3. The highest BCUT2D eigenvalue weighted by atomic mass is 32.2. The van der Waals surface area contributed by atoms with E-state index in [1.807, 2.05) is 42.7 Å². The van der Waals surface area contributed by atoms with E-state index in [1.165, 1.54) is 23.1 Å². The van der Waals surface area contributed by atoms with Crippen LogP contribution in [0.3, 0.4) is 0 Å². The quantitative estimate of drug-likeness (QED) is 0.340. The molecule has 0 radical (unpaired) electrons. The molecule has 0 saturated heterocycles. The van der Waals surface area contributed by atoms with E-state index in [1.54, 1.807) is 17.6 Å². The third-order valence-corrected chi connectivity index (χ3v) is 6.47. The highest BCUT2D eigenvalue weighted by Gasteiger charge is 2.16. The van der Waals surface area contributed by atoms with Crippen molar-refractivity contribution in [3.63, 3.8) is 0 Å². The molecule has 0 fully saturated rings. The number of carbonyl (C=O) groups excluding carboxylic acids is 2. The smallest absolute Gasteiger partial charge is 0.265 e. The van der Waals surface area contributed by atoms with Crippen molar-refractivity contribution < 1.29 is 9.59 Å². The van der Waals surface area contributed by atoms with Crippen molar-refractivity contribution in [2.24, 2.45) is 5.73 Å². The highest BCUT2D eigenvalue weighted by molar-refractivity contribution is 7.99. The van der Waals surface area contributed by atoms with Crippen LogP contribution in [0.4, 0.5) is 5.13 Å². The first-order valence-electron chi connectivity index (χ1n) is 9.82. The van der Waals surface area contributed by atoms with Crippen LogP contribution in [0.2, 0.25) is 0 Å². The Kier molecular flexibility index (Phi) is 6.37. The molecule has 0 atom stereocenters. The predicted molar refractivity (Wildman–Crippen MR) is 126 cm³/mol. The van der Waals surface area contributed by atoms with Gasteiger partial charge >= 0.3 is 0 Å². The summed E-state index contributed by atoms with van der Waals surface area (Å²) in [7, 11) is 0. The number of aromatic nitrogens is 5. The molecular weight excluding hydrogens is 446 g/mol. The number of anilines is 1. The molecule has 0 aliphatic carbocycles. The van der Waals surface area contributed by atoms with Crippen molar-refractivity contribution in [1.82, 2.24) is 24.7 Å². The second-order valence-electron chi connectivity index (χ2n) is 6.91. The second-order valence-corrected chi connectivity index (χ2v) is 8.71. The van der Waals surface area contributed by atoms with Crippen molar-refractivity contribution in [1.29, 1.82) is 0 Å². The largest absolute Gasteiger partial charge is 0.364 e. The van der Waals surface area contributed by atoms with Gasteiger partial charge in [0.1, 0.15) is 5.69 Å². The summed E-state index contributed by atoms with van der Waals surface area (Å²) in [5, 5.41) is 14.4. The number of hydrogen-bond acceptors (Lipinski definition) is 7. The van der Waals surface area contributed by atoms with Crippen LogP contribution >= 0.6 is 23.1 Å². The lowest BCUT2D eigenvalue weighted by molar-refractivity contribution is -0.113. The fourth-order valence-electron chi connectivity index (χ4n) is 3.14. The van der Waals surface area contributed by atoms with E-state index >= 15 is 0 Å². The zero-order valence-electron chi connectivity index (χ0n) is 17.5. The van der Waals surface area contributed by atoms with Gasteiger partial charge in [0.05, 0.1) is 11.4 Å². The fraction of sp³-hybridized carbons (Fsp3) is 0.190. The molecule has 0 aliphatic rings. The van der Waals surface area contributed by atoms with Gasteiger partial charge in [0.15, 0.2) is 16.1 Å². The summed E-state index contributed by atoms with van der Waals surface area (Å²) in [6.07, 6.45) is 1.65. The van der Waals surface area contributed by atoms with Gasteiger partial charge in [-0.3, -0.25) is 9.59 Å². The number of aromatic amines is 1. The van der Waals surface area contributed by atoms with E-state index in [0.29, 0.717) is 28.2 Å². The molecule has 32 heavy (non-hydrogen) atoms. The number of nitrogens with two attached hydrogens (primary N) is 1. The monoisotopic (exact) mass is 467 g/mol. The van der Waals surface area contributed by atoms with Crippen LogP contribution in [-0.4, -0.2) is 42.3 Å². The average molecular weight is 468 g/mol. The highest BCUT2D eigenvalue weighted by Crippen LogP contribution is 2.28. The minimum Gasteiger partial charge on any atom is -0.364 e. The van der Waals surface area contributed by atoms with Crippen molar-refractivity contribution in [3.8, 4) is 22.6 Å². The van der Waals surface area contributed by atoms with Gasteiger partial charge in [-0.2, -0.15) is 0 Å². The zero-order chi connectivity index (χ0) is 22.7. The zero-order valence-corrected chi connectivity index (χ0v) is 19.1. The van der Waals surface area contributed by atoms with Gasteiger partial charge in [0.2, 0.25) is 5.91 Å². The van der Waals surface area contributed by atoms with E-state index in [4.69, 9.17) is 5.73 Å². The summed E-state index contributed by atoms with van der Waals surface area (Å²) >= 11 is 2.63. The SMILES string of the molecule is CCn1c(SCC(=O)Nc2nc(-c3c[nH]c(C(N)=O)c3)cs2)nnc1-c1ccccc1C. The topological polar surface area (TPSA) is 132 Å². The molecule has 0 aliphatic heterocycles. The van der Waals surface area contributed by atoms with Crippen molar-refractivity contribution in [2.75, 3.05) is 11.1 Å². The molecule has 0 saturated carbocycles. The first-order valence-corrected chi connectivity index (χ1v) is 11.7. The molecule has 3 heterocycles. The lowest BCUT2D eigenvalue weighted by Crippen LogP contribution is -2.14. The van der Waals surface area contributed by atoms with Crippen LogP contribution in [0.25, 0.3) is 22.6 Å². The molecule has 0 unspecified atom stereocenters. The van der Waals surface area contributed by atoms with Gasteiger partial charge in [-0.05, 0) is 25.5 Å². The van der Waals surface area contributed by atoms with Gasteiger partial charge in [-0.15, -0.1) is 21.5 Å². The van der Waals surface area contributed by atoms with E-state index in [2.05, 4.69) is 25.5 Å². The molecule has 0 bridgehead atoms. The molecule has 4 rings (SSSR count). The number of carbonyl (C=O) groups is 2. The number of benzene rings is 1. The summed E-state index contributed by atoms with van der Waals surface area (Å²) < 4.78 is 2.00. The number of aryl methyl sites for hydroxylation is 1. The number of H-pyrrole nitrogens is 1. The van der Waals surface area contributed by atoms with Crippen LogP contribution in [0.15, 0.2) is 47.1 Å². The standard InChI is InChI=1S/C21H21N7O2S2/c1-3-28-19(14-7-5-4-6-12(14)2)26-27-21(28)32-11-17(29)25-20-24-16(10-31-20)13-8-15(18(22)30)23-9-13/h4-10,23H,3,11H2,1-2H3,(H2,22,30)(H,24,25,29). The minimum absolute atomic E-state index is 0.177. The maximum atomic E-state index is 12.5. The molecule has 4 aromatic rings. The molecule has 4 N–H and O–H groups in total. The first kappa shape index (κ1) is 21.8. The maximum Gasteiger partial charge on any atom is 0.265 e. The predicted octanol–water partition coefficient (Wildman–Crippen LogP) is 3.55. The number of thiazole rings is 1. The maximum absolute atomic E-state index is 12.5. The number of rotatable bonds is 8. The Morgan fingerprint density at radius 2 is 2.09 bits per heavy atom. The Hall–Kier alpha value is -3.44. The molecule has 9 nitrogen and oxygen atoms in total. The van der Waals surface area contributed by atoms with Crippen LogP contribution in [-0.2, 0) is 11.3 Å². The summed E-state index contributed by atoms with van der Waals surface area (Å²) in [5.41, 5.74) is 9.09. The van der Waals surface area contributed by atoms with Gasteiger partial charge in [-0.25, -0.2) is 4.98 Å². The number of primary amides is 1. The molecule has 1 aromatic carbocycles. The molecule has 0 spiro atoms. The Balaban J connectivity index is 1.40. The molecule has 11 heteroatoms. The first-order chi connectivity index (χ1) is 15.5. The normalized spacial score (nSPS) is 10.9. The van der Waals surface area contributed by atoms with E-state index < -0.39 is 5.91 Å². The minimum atomic E-state index is -0.539. The molecule has 2 amide bonds. The van der Waals surface area contributed by atoms with Gasteiger partial charge in [0.25, 0.3) is 5.91 Å². The third kappa shape index (κ3) is 4.58. The molecule has 164 valence electrons. The second kappa shape index (κ2) is 9.37. The summed E-state index contributed by atoms with van der Waals surface area (Å²) in [5.74, 6) is 0.241. The number of amides is 2. The van der Waals surface area contributed by atoms with Crippen LogP contribution in [0, 0.1) is 6.92 Å². The number of nitrogens with one attached hydrogen (secondary N) is 2. The lowest BCUT2D eigenvalue weighted by Gasteiger charge is -2.09. The Labute approximate surface area is 192 Å². The fourth-order valence-corrected chi connectivity index (χ4v) is 4.68. The van der Waals surface area contributed by atoms with Crippen molar-refractivity contribution in [2.45, 2.75) is 25.5 Å². The van der Waals surface area contributed by atoms with Crippen LogP contribution in [0.5, 0.6) is 0 Å². The summed E-state index contributed by atoms with van der Waals surface area (Å²) in [6.45, 7) is 4.76. The van der Waals surface area contributed by atoms with Crippen molar-refractivity contribution in [3.05, 3.63) is 53.2 Å². The van der Waals surface area contributed by atoms with Gasteiger partial charge in [-0.1, -0.05) is 36.0 Å². The van der Waals surface area contributed by atoms with Crippen molar-refractivity contribution >= 4 is 40.0 Å². The van der Waals surface area contributed by atoms with Gasteiger partial charge in [0, 0.05) is 29.2 Å². The van der Waals surface area contributed by atoms with E-state index in [9.17, 15) is 9.59 Å². The summed E-state index contributed by atoms with van der Waals surface area (Å²) in [6, 6.07) is 9.64. The van der Waals surface area contributed by atoms with Gasteiger partial charge < -0.3 is 20.6 Å². The average Bonchev–Trinajstić information content (AvgIpc) is 3.51.